The Morgan fingerprint density at radius 1 is 0.774 bits per heavy atom. The maximum absolute atomic E-state index is 3.37. The van der Waals surface area contributed by atoms with Gasteiger partial charge in [0.05, 0.1) is 0 Å². The standard InChI is InChI=1S/2C12H13.2CH3.Hf.H6Si4/c2*1-3-10-7-11-6-4-5-9(2)12(11)8-10;;;;1-2-4-3-1/h2*4-8H,3H2,1-2H3;2*1H3;;1-3H2. The molecule has 0 aromatic heterocycles. The van der Waals surface area contributed by atoms with E-state index in [1.165, 1.54) is 24.0 Å². The molecule has 0 bridgehead atoms. The number of benzene rings is 2. The molecule has 2 atom stereocenters. The van der Waals surface area contributed by atoms with E-state index in [9.17, 15) is 0 Å². The van der Waals surface area contributed by atoms with Crippen molar-refractivity contribution in [3.8, 4) is 0 Å². The van der Waals surface area contributed by atoms with Crippen LogP contribution < -0.4 is 0 Å². The molecule has 1 heterocycles. The Morgan fingerprint density at radius 3 is 1.58 bits per heavy atom. The minimum atomic E-state index is -3.37. The van der Waals surface area contributed by atoms with Crippen molar-refractivity contribution in [2.45, 2.75) is 57.2 Å². The molecule has 3 aliphatic rings. The van der Waals surface area contributed by atoms with Crippen LogP contribution in [0.4, 0.5) is 0 Å². The van der Waals surface area contributed by atoms with Gasteiger partial charge < -0.3 is 0 Å². The fourth-order valence-electron chi connectivity index (χ4n) is 7.67. The van der Waals surface area contributed by atoms with Crippen LogP contribution >= 0.6 is 0 Å². The zero-order valence-electron chi connectivity index (χ0n) is 20.3. The second-order valence-electron chi connectivity index (χ2n) is 11.2. The number of rotatable bonds is 4. The summed E-state index contributed by atoms with van der Waals surface area (Å²) in [5.41, 5.74) is 13.4. The van der Waals surface area contributed by atoms with Crippen molar-refractivity contribution in [2.24, 2.45) is 0 Å². The minimum absolute atomic E-state index is 0.0343. The summed E-state index contributed by atoms with van der Waals surface area (Å²) in [7, 11) is 1.22. The molecular weight excluding hydrogens is 603 g/mol. The van der Waals surface area contributed by atoms with Crippen molar-refractivity contribution in [1.82, 2.24) is 0 Å². The van der Waals surface area contributed by atoms with Gasteiger partial charge in [-0.1, -0.05) is 0 Å². The molecule has 2 aromatic rings. The van der Waals surface area contributed by atoms with Crippen molar-refractivity contribution < 1.29 is 17.1 Å². The van der Waals surface area contributed by atoms with Gasteiger partial charge in [-0.2, -0.15) is 0 Å². The van der Waals surface area contributed by atoms with Crippen LogP contribution in [0.3, 0.4) is 0 Å². The van der Waals surface area contributed by atoms with Gasteiger partial charge in [0, 0.05) is 0 Å². The Kier molecular flexibility index (Phi) is 5.69. The molecule has 0 amide bonds. The van der Waals surface area contributed by atoms with Gasteiger partial charge in [-0.3, -0.25) is 0 Å². The second-order valence-corrected chi connectivity index (χ2v) is 101. The van der Waals surface area contributed by atoms with Crippen molar-refractivity contribution >= 4 is 42.3 Å². The summed E-state index contributed by atoms with van der Waals surface area (Å²) in [6.45, 7) is 9.59. The van der Waals surface area contributed by atoms with Gasteiger partial charge in [-0.25, -0.2) is 0 Å². The van der Waals surface area contributed by atoms with Crippen molar-refractivity contribution in [3.63, 3.8) is 0 Å². The molecule has 2 aromatic carbocycles. The topological polar surface area (TPSA) is 0 Å². The number of hydrogen-bond acceptors (Lipinski definition) is 0. The zero-order chi connectivity index (χ0) is 22.0. The molecule has 5 rings (SSSR count). The van der Waals surface area contributed by atoms with Gasteiger partial charge >= 0.3 is 198 Å². The third kappa shape index (κ3) is 3.09. The second kappa shape index (κ2) is 7.86. The molecule has 5 heteroatoms. The first-order valence-electron chi connectivity index (χ1n) is 12.5. The van der Waals surface area contributed by atoms with Gasteiger partial charge in [-0.05, 0) is 0 Å². The number of hydrogen-bond donors (Lipinski definition) is 0. The average molecular weight is 641 g/mol. The molecule has 1 fully saturated rings. The average Bonchev–Trinajstić information content (AvgIpc) is 3.27. The normalized spacial score (nSPS) is 24.9. The van der Waals surface area contributed by atoms with E-state index in [1.54, 1.807) is 22.3 Å². The first kappa shape index (κ1) is 22.4. The first-order valence-corrected chi connectivity index (χ1v) is 43.3. The predicted octanol–water partition coefficient (Wildman–Crippen LogP) is 4.82. The van der Waals surface area contributed by atoms with E-state index in [1.807, 2.05) is 11.1 Å². The Labute approximate surface area is 196 Å². The molecule has 162 valence electrons. The summed E-state index contributed by atoms with van der Waals surface area (Å²) in [5, 5.41) is 0. The summed E-state index contributed by atoms with van der Waals surface area (Å²) in [6.07, 6.45) is 7.84. The van der Waals surface area contributed by atoms with Crippen LogP contribution in [0.5, 0.6) is 0 Å². The van der Waals surface area contributed by atoms with Gasteiger partial charge in [0.15, 0.2) is 0 Å². The van der Waals surface area contributed by atoms with E-state index in [0.717, 1.165) is 7.35 Å². The molecule has 0 radical (unpaired) electrons. The Bertz CT molecular complexity index is 1140. The number of aryl methyl sites for hydroxylation is 2. The summed E-state index contributed by atoms with van der Waals surface area (Å²) in [6, 6.07) is 14.5. The van der Waals surface area contributed by atoms with Crippen LogP contribution in [0.15, 0.2) is 47.5 Å². The number of allylic oxidation sites excluding steroid dienone is 2. The summed E-state index contributed by atoms with van der Waals surface area (Å²) in [4.78, 5) is 0. The molecule has 2 aliphatic carbocycles. The molecule has 1 aliphatic heterocycles. The van der Waals surface area contributed by atoms with E-state index < -0.39 is 17.1 Å². The molecule has 0 saturated carbocycles. The fourth-order valence-corrected chi connectivity index (χ4v) is 368. The molecule has 0 spiro atoms. The van der Waals surface area contributed by atoms with Gasteiger partial charge in [-0.15, -0.1) is 0 Å². The quantitative estimate of drug-likeness (QED) is 0.421. The fraction of sp³-hybridized carbons (Fsp3) is 0.385. The third-order valence-electron chi connectivity index (χ3n) is 9.40. The van der Waals surface area contributed by atoms with Crippen LogP contribution in [0.2, 0.25) is 9.36 Å². The van der Waals surface area contributed by atoms with E-state index in [0.29, 0.717) is 25.7 Å². The van der Waals surface area contributed by atoms with Crippen LogP contribution in [0.25, 0.3) is 12.2 Å². The number of fused-ring (bicyclic) bond motifs is 2. The SMILES string of the molecule is CCC1=Cc2c(C)cccc2[CH]1[Hf]([CH3])([CH3])([CH]1C(CC)=Cc2c(C)cccc21)=[Si]1[SiH2][SiH2][SiH2]1. The maximum atomic E-state index is 3.04. The summed E-state index contributed by atoms with van der Waals surface area (Å²) < 4.78 is 7.79. The van der Waals surface area contributed by atoms with E-state index in [2.05, 4.69) is 85.6 Å². The predicted molar refractivity (Wildman–Crippen MR) is 147 cm³/mol. The van der Waals surface area contributed by atoms with Gasteiger partial charge in [0.25, 0.3) is 0 Å². The van der Waals surface area contributed by atoms with Crippen LogP contribution in [0.1, 0.15) is 67.4 Å². The summed E-state index contributed by atoms with van der Waals surface area (Å²) in [5.74, 6) is 0. The zero-order valence-corrected chi connectivity index (χ0v) is 29.1. The molecule has 2 unspecified atom stereocenters. The van der Waals surface area contributed by atoms with Crippen molar-refractivity contribution in [2.75, 3.05) is 0 Å². The molecule has 31 heavy (non-hydrogen) atoms. The van der Waals surface area contributed by atoms with Crippen LogP contribution in [-0.4, -0.2) is 30.2 Å². The third-order valence-corrected chi connectivity index (χ3v) is 224. The van der Waals surface area contributed by atoms with Crippen LogP contribution in [0, 0.1) is 13.8 Å². The molecular formula is C26H38HfSi4. The Balaban J connectivity index is 1.86. The molecule has 0 N–H and O–H groups in total. The van der Waals surface area contributed by atoms with Gasteiger partial charge in [0.2, 0.25) is 0 Å². The van der Waals surface area contributed by atoms with Crippen LogP contribution in [-0.2, 0) is 17.1 Å². The van der Waals surface area contributed by atoms with E-state index in [-0.39, 0.29) is 4.53 Å². The van der Waals surface area contributed by atoms with E-state index >= 15 is 0 Å². The molecule has 0 nitrogen and oxygen atoms in total. The monoisotopic (exact) mass is 642 g/mol. The van der Waals surface area contributed by atoms with Gasteiger partial charge in [0.1, 0.15) is 0 Å². The summed E-state index contributed by atoms with van der Waals surface area (Å²) >= 11 is -3.37. The first-order chi connectivity index (χ1) is 14.8. The van der Waals surface area contributed by atoms with Crippen molar-refractivity contribution in [3.05, 3.63) is 80.9 Å². The van der Waals surface area contributed by atoms with E-state index in [4.69, 9.17) is 0 Å². The Hall–Kier alpha value is -0.342. The molecule has 1 saturated heterocycles. The Morgan fingerprint density at radius 2 is 1.23 bits per heavy atom. The van der Waals surface area contributed by atoms with Crippen molar-refractivity contribution in [1.29, 1.82) is 0 Å².